The molecular weight excluding hydrogens is 302 g/mol. The van der Waals surface area contributed by atoms with Crippen molar-refractivity contribution in [3.8, 4) is 0 Å². The van der Waals surface area contributed by atoms with Crippen LogP contribution in [-0.4, -0.2) is 23.8 Å². The van der Waals surface area contributed by atoms with Crippen LogP contribution in [0.2, 0.25) is 0 Å². The highest BCUT2D eigenvalue weighted by Gasteiger charge is 2.47. The molecule has 0 bridgehead atoms. The van der Waals surface area contributed by atoms with E-state index in [0.29, 0.717) is 6.42 Å². The number of ether oxygens (including phenoxy) is 1. The van der Waals surface area contributed by atoms with Gasteiger partial charge in [0.05, 0.1) is 5.56 Å². The smallest absolute Gasteiger partial charge is 0.344 e. The van der Waals surface area contributed by atoms with Crippen molar-refractivity contribution in [2.75, 3.05) is 0 Å². The van der Waals surface area contributed by atoms with Crippen molar-refractivity contribution in [3.63, 3.8) is 0 Å². The van der Waals surface area contributed by atoms with Gasteiger partial charge in [0.2, 0.25) is 5.78 Å². The highest BCUT2D eigenvalue weighted by Crippen LogP contribution is 2.27. The zero-order valence-electron chi connectivity index (χ0n) is 13.1. The zero-order valence-corrected chi connectivity index (χ0v) is 13.1. The number of carbonyl (C=O) groups is 2. The van der Waals surface area contributed by atoms with Gasteiger partial charge in [-0.05, 0) is 38.0 Å². The van der Waals surface area contributed by atoms with Gasteiger partial charge in [0.1, 0.15) is 0 Å². The Hall–Kier alpha value is -2.30. The molecule has 0 spiro atoms. The van der Waals surface area contributed by atoms with Gasteiger partial charge in [0.25, 0.3) is 0 Å². The Kier molecular flexibility index (Phi) is 6.82. The molecule has 1 aromatic rings. The molecule has 1 unspecified atom stereocenters. The van der Waals surface area contributed by atoms with Crippen molar-refractivity contribution in [3.05, 3.63) is 60.7 Å². The van der Waals surface area contributed by atoms with Crippen molar-refractivity contribution in [1.82, 2.24) is 0 Å². The summed E-state index contributed by atoms with van der Waals surface area (Å²) in [5, 5.41) is 0. The van der Waals surface area contributed by atoms with E-state index in [-0.39, 0.29) is 18.4 Å². The summed E-state index contributed by atoms with van der Waals surface area (Å²) >= 11 is 0. The minimum atomic E-state index is -3.80. The summed E-state index contributed by atoms with van der Waals surface area (Å²) < 4.78 is 33.1. The van der Waals surface area contributed by atoms with Gasteiger partial charge in [0.15, 0.2) is 6.10 Å². The summed E-state index contributed by atoms with van der Waals surface area (Å²) in [6, 6.07) is 7.73. The van der Waals surface area contributed by atoms with E-state index in [2.05, 4.69) is 13.2 Å². The minimum absolute atomic E-state index is 0.130. The molecule has 0 aliphatic rings. The van der Waals surface area contributed by atoms with E-state index in [4.69, 9.17) is 4.74 Å². The maximum Gasteiger partial charge on any atom is 0.344 e. The Labute approximate surface area is 134 Å². The number of rotatable bonds is 9. The molecule has 0 heterocycles. The first-order chi connectivity index (χ1) is 10.8. The topological polar surface area (TPSA) is 43.4 Å². The van der Waals surface area contributed by atoms with Gasteiger partial charge in [-0.1, -0.05) is 30.4 Å². The molecule has 0 saturated carbocycles. The molecule has 0 aromatic heterocycles. The number of allylic oxidation sites excluding steroid dienone is 1. The van der Waals surface area contributed by atoms with Gasteiger partial charge in [0, 0.05) is 6.42 Å². The summed E-state index contributed by atoms with van der Waals surface area (Å²) in [5.74, 6) is -6.00. The highest BCUT2D eigenvalue weighted by molar-refractivity contribution is 5.91. The minimum Gasteiger partial charge on any atom is -0.448 e. The van der Waals surface area contributed by atoms with Crippen LogP contribution in [0.3, 0.4) is 0 Å². The molecule has 1 atom stereocenters. The fraction of sp³-hybridized carbons (Fsp3) is 0.333. The lowest BCUT2D eigenvalue weighted by atomic mass is 10.0. The summed E-state index contributed by atoms with van der Waals surface area (Å²) in [6.07, 6.45) is -0.762. The summed E-state index contributed by atoms with van der Waals surface area (Å²) in [5.41, 5.74) is 0.946. The molecule has 0 saturated heterocycles. The normalized spacial score (nSPS) is 12.3. The van der Waals surface area contributed by atoms with Crippen LogP contribution in [-0.2, 0) is 9.53 Å². The SMILES string of the molecule is C=CC(OC(=O)c1ccccc1)C(F)(F)C(=O)CCCC(=C)C. The van der Waals surface area contributed by atoms with Gasteiger partial charge >= 0.3 is 11.9 Å². The van der Waals surface area contributed by atoms with Crippen molar-refractivity contribution in [2.24, 2.45) is 0 Å². The van der Waals surface area contributed by atoms with Crippen molar-refractivity contribution >= 4 is 11.8 Å². The molecule has 5 heteroatoms. The quantitative estimate of drug-likeness (QED) is 0.501. The fourth-order valence-corrected chi connectivity index (χ4v) is 1.90. The lowest BCUT2D eigenvalue weighted by Gasteiger charge is -2.23. The average Bonchev–Trinajstić information content (AvgIpc) is 2.52. The molecule has 0 N–H and O–H groups in total. The Morgan fingerprint density at radius 2 is 1.87 bits per heavy atom. The first-order valence-electron chi connectivity index (χ1n) is 7.23. The first kappa shape index (κ1) is 18.7. The monoisotopic (exact) mass is 322 g/mol. The number of benzene rings is 1. The zero-order chi connectivity index (χ0) is 17.5. The molecule has 0 fully saturated rings. The van der Waals surface area contributed by atoms with E-state index >= 15 is 0 Å². The van der Waals surface area contributed by atoms with Crippen LogP contribution < -0.4 is 0 Å². The van der Waals surface area contributed by atoms with Crippen molar-refractivity contribution in [1.29, 1.82) is 0 Å². The van der Waals surface area contributed by atoms with E-state index in [9.17, 15) is 18.4 Å². The first-order valence-corrected chi connectivity index (χ1v) is 7.23. The molecule has 1 rings (SSSR count). The predicted octanol–water partition coefficient (Wildman–Crippen LogP) is 4.35. The molecule has 124 valence electrons. The Morgan fingerprint density at radius 3 is 2.39 bits per heavy atom. The highest BCUT2D eigenvalue weighted by atomic mass is 19.3. The van der Waals surface area contributed by atoms with Crippen LogP contribution in [0.15, 0.2) is 55.1 Å². The fourth-order valence-electron chi connectivity index (χ4n) is 1.90. The predicted molar refractivity (Wildman–Crippen MR) is 84.5 cm³/mol. The molecule has 0 amide bonds. The van der Waals surface area contributed by atoms with E-state index in [1.165, 1.54) is 12.1 Å². The summed E-state index contributed by atoms with van der Waals surface area (Å²) in [4.78, 5) is 23.6. The number of esters is 1. The summed E-state index contributed by atoms with van der Waals surface area (Å²) in [7, 11) is 0. The van der Waals surface area contributed by atoms with Crippen LogP contribution in [0.25, 0.3) is 0 Å². The lowest BCUT2D eigenvalue weighted by molar-refractivity contribution is -0.156. The number of hydrogen-bond donors (Lipinski definition) is 0. The molecule has 3 nitrogen and oxygen atoms in total. The Morgan fingerprint density at radius 1 is 1.26 bits per heavy atom. The molecule has 0 aliphatic carbocycles. The standard InChI is InChI=1S/C18H20F2O3/c1-4-16(23-17(22)14-10-6-5-7-11-14)18(19,20)15(21)12-8-9-13(2)3/h4-7,10-11,16H,1-2,8-9,12H2,3H3. The number of alkyl halides is 2. The van der Waals surface area contributed by atoms with Crippen LogP contribution in [0.4, 0.5) is 8.78 Å². The van der Waals surface area contributed by atoms with Crippen LogP contribution in [0.5, 0.6) is 0 Å². The van der Waals surface area contributed by atoms with Gasteiger partial charge in [-0.15, -0.1) is 6.58 Å². The van der Waals surface area contributed by atoms with Crippen molar-refractivity contribution in [2.45, 2.75) is 38.2 Å². The maximum atomic E-state index is 14.2. The Bertz CT molecular complexity index is 579. The number of carbonyl (C=O) groups excluding carboxylic acids is 2. The molecule has 0 aliphatic heterocycles. The third-order valence-corrected chi connectivity index (χ3v) is 3.19. The number of halogens is 2. The third kappa shape index (κ3) is 5.43. The second-order valence-corrected chi connectivity index (χ2v) is 5.28. The van der Waals surface area contributed by atoms with E-state index in [1.807, 2.05) is 0 Å². The van der Waals surface area contributed by atoms with Gasteiger partial charge < -0.3 is 4.74 Å². The van der Waals surface area contributed by atoms with Gasteiger partial charge in [-0.2, -0.15) is 8.78 Å². The van der Waals surface area contributed by atoms with Crippen LogP contribution >= 0.6 is 0 Å². The number of ketones is 1. The maximum absolute atomic E-state index is 14.2. The van der Waals surface area contributed by atoms with Crippen molar-refractivity contribution < 1.29 is 23.1 Å². The average molecular weight is 322 g/mol. The molecule has 1 aromatic carbocycles. The van der Waals surface area contributed by atoms with E-state index < -0.39 is 23.8 Å². The molecule has 23 heavy (non-hydrogen) atoms. The third-order valence-electron chi connectivity index (χ3n) is 3.19. The molecule has 0 radical (unpaired) electrons. The van der Waals surface area contributed by atoms with E-state index in [0.717, 1.165) is 11.6 Å². The van der Waals surface area contributed by atoms with Gasteiger partial charge in [-0.25, -0.2) is 4.79 Å². The van der Waals surface area contributed by atoms with E-state index in [1.54, 1.807) is 25.1 Å². The number of Topliss-reactive ketones (excluding diaryl/α,β-unsaturated/α-hetero) is 1. The Balaban J connectivity index is 2.74. The van der Waals surface area contributed by atoms with Gasteiger partial charge in [-0.3, -0.25) is 4.79 Å². The summed E-state index contributed by atoms with van der Waals surface area (Å²) in [6.45, 7) is 8.66. The lowest BCUT2D eigenvalue weighted by Crippen LogP contribution is -2.43. The largest absolute Gasteiger partial charge is 0.448 e. The van der Waals surface area contributed by atoms with Crippen LogP contribution in [0.1, 0.15) is 36.5 Å². The molecular formula is C18H20F2O3. The van der Waals surface area contributed by atoms with Crippen LogP contribution in [0, 0.1) is 0 Å². The second-order valence-electron chi connectivity index (χ2n) is 5.28. The second kappa shape index (κ2) is 8.36. The number of hydrogen-bond acceptors (Lipinski definition) is 3.